The van der Waals surface area contributed by atoms with Crippen molar-refractivity contribution in [1.82, 2.24) is 4.90 Å². The summed E-state index contributed by atoms with van der Waals surface area (Å²) in [6.45, 7) is 0.628. The first kappa shape index (κ1) is 22.0. The van der Waals surface area contributed by atoms with Crippen molar-refractivity contribution >= 4 is 23.6 Å². The van der Waals surface area contributed by atoms with E-state index in [1.54, 1.807) is 14.2 Å². The Kier molecular flexibility index (Phi) is 7.63. The summed E-state index contributed by atoms with van der Waals surface area (Å²) in [5.41, 5.74) is 3.27. The molecule has 1 aliphatic rings. The van der Waals surface area contributed by atoms with Gasteiger partial charge >= 0.3 is 5.97 Å². The van der Waals surface area contributed by atoms with Crippen LogP contribution >= 0.6 is 11.8 Å². The molecule has 0 bridgehead atoms. The van der Waals surface area contributed by atoms with Crippen molar-refractivity contribution in [2.75, 3.05) is 39.4 Å². The Hall–Kier alpha value is -2.67. The molecule has 0 saturated heterocycles. The van der Waals surface area contributed by atoms with Gasteiger partial charge in [-0.25, -0.2) is 0 Å². The van der Waals surface area contributed by atoms with E-state index in [2.05, 4.69) is 4.74 Å². The number of carbonyl (C=O) groups excluding carboxylic acids is 2. The van der Waals surface area contributed by atoms with Gasteiger partial charge in [-0.15, -0.1) is 11.8 Å². The van der Waals surface area contributed by atoms with Gasteiger partial charge in [0.25, 0.3) is 0 Å². The maximum Gasteiger partial charge on any atom is 0.315 e. The van der Waals surface area contributed by atoms with E-state index in [0.717, 1.165) is 23.1 Å². The average molecular weight is 430 g/mol. The number of benzene rings is 2. The molecule has 1 heterocycles. The van der Waals surface area contributed by atoms with Crippen LogP contribution < -0.4 is 9.47 Å². The number of nitrogens with zero attached hydrogens (tertiary/aromatic N) is 1. The van der Waals surface area contributed by atoms with Crippen molar-refractivity contribution in [2.24, 2.45) is 0 Å². The van der Waals surface area contributed by atoms with Crippen LogP contribution in [0, 0.1) is 0 Å². The van der Waals surface area contributed by atoms with E-state index in [1.165, 1.54) is 18.9 Å². The zero-order valence-electron chi connectivity index (χ0n) is 17.6. The lowest BCUT2D eigenvalue weighted by Crippen LogP contribution is -2.40. The van der Waals surface area contributed by atoms with Gasteiger partial charge in [0.2, 0.25) is 5.91 Å². The van der Waals surface area contributed by atoms with E-state index in [9.17, 15) is 9.59 Å². The number of esters is 1. The molecule has 0 saturated carbocycles. The van der Waals surface area contributed by atoms with Crippen molar-refractivity contribution in [3.8, 4) is 11.5 Å². The molecule has 1 atom stereocenters. The molecule has 0 spiro atoms. The summed E-state index contributed by atoms with van der Waals surface area (Å²) in [4.78, 5) is 26.3. The molecule has 0 fully saturated rings. The smallest absolute Gasteiger partial charge is 0.315 e. The van der Waals surface area contributed by atoms with Gasteiger partial charge in [-0.1, -0.05) is 30.3 Å². The quantitative estimate of drug-likeness (QED) is 0.473. The van der Waals surface area contributed by atoms with E-state index in [0.29, 0.717) is 30.2 Å². The molecule has 6 nitrogen and oxygen atoms in total. The van der Waals surface area contributed by atoms with Crippen molar-refractivity contribution < 1.29 is 23.8 Å². The average Bonchev–Trinajstić information content (AvgIpc) is 2.80. The molecule has 1 aliphatic heterocycles. The monoisotopic (exact) mass is 429 g/mol. The summed E-state index contributed by atoms with van der Waals surface area (Å²) in [5, 5.41) is 0. The standard InChI is InChI=1S/C23H27NO5S/c1-27-19-13-17-9-11-24(21(25)10-12-30-15-22(26)29-3)23(16-7-5-4-6-8-16)18(17)14-20(19)28-2/h4-8,13-14,23H,9-12,15H2,1-3H3. The van der Waals surface area contributed by atoms with Crippen molar-refractivity contribution in [1.29, 1.82) is 0 Å². The highest BCUT2D eigenvalue weighted by atomic mass is 32.2. The Morgan fingerprint density at radius 1 is 1.07 bits per heavy atom. The molecule has 3 rings (SSSR count). The highest BCUT2D eigenvalue weighted by Gasteiger charge is 2.33. The van der Waals surface area contributed by atoms with E-state index >= 15 is 0 Å². The maximum atomic E-state index is 13.1. The molecule has 30 heavy (non-hydrogen) atoms. The van der Waals surface area contributed by atoms with E-state index in [1.807, 2.05) is 47.4 Å². The van der Waals surface area contributed by atoms with Crippen molar-refractivity contribution in [3.05, 3.63) is 59.2 Å². The van der Waals surface area contributed by atoms with Crippen LogP contribution in [0.4, 0.5) is 0 Å². The van der Waals surface area contributed by atoms with Crippen LogP contribution in [0.3, 0.4) is 0 Å². The summed E-state index contributed by atoms with van der Waals surface area (Å²) in [6, 6.07) is 13.8. The molecule has 160 valence electrons. The predicted octanol–water partition coefficient (Wildman–Crippen LogP) is 3.47. The topological polar surface area (TPSA) is 65.1 Å². The minimum atomic E-state index is -0.275. The maximum absolute atomic E-state index is 13.1. The van der Waals surface area contributed by atoms with Crippen LogP contribution in [0.2, 0.25) is 0 Å². The SMILES string of the molecule is COC(=O)CSCCC(=O)N1CCc2cc(OC)c(OC)cc2C1c1ccccc1. The zero-order valence-corrected chi connectivity index (χ0v) is 18.4. The second-order valence-electron chi connectivity index (χ2n) is 6.94. The fourth-order valence-electron chi connectivity index (χ4n) is 3.73. The van der Waals surface area contributed by atoms with Crippen LogP contribution in [0.25, 0.3) is 0 Å². The number of carbonyl (C=O) groups is 2. The number of amides is 1. The van der Waals surface area contributed by atoms with Gasteiger partial charge in [-0.3, -0.25) is 9.59 Å². The molecule has 1 unspecified atom stereocenters. The molecule has 0 aliphatic carbocycles. The molecule has 0 radical (unpaired) electrons. The van der Waals surface area contributed by atoms with Crippen molar-refractivity contribution in [3.63, 3.8) is 0 Å². The number of hydrogen-bond donors (Lipinski definition) is 0. The Balaban J connectivity index is 1.87. The lowest BCUT2D eigenvalue weighted by atomic mass is 9.87. The molecule has 0 aromatic heterocycles. The Morgan fingerprint density at radius 2 is 1.77 bits per heavy atom. The molecule has 7 heteroatoms. The summed E-state index contributed by atoms with van der Waals surface area (Å²) in [6.07, 6.45) is 1.12. The Morgan fingerprint density at radius 3 is 2.43 bits per heavy atom. The van der Waals surface area contributed by atoms with Gasteiger partial charge in [-0.2, -0.15) is 0 Å². The van der Waals surface area contributed by atoms with Crippen LogP contribution in [0.5, 0.6) is 11.5 Å². The Labute approximate surface area is 181 Å². The minimum absolute atomic E-state index is 0.0710. The first-order valence-corrected chi connectivity index (χ1v) is 11.0. The third-order valence-corrected chi connectivity index (χ3v) is 6.15. The normalized spacial score (nSPS) is 15.3. The van der Waals surface area contributed by atoms with Crippen molar-refractivity contribution in [2.45, 2.75) is 18.9 Å². The highest BCUT2D eigenvalue weighted by Crippen LogP contribution is 2.41. The molecule has 2 aromatic carbocycles. The largest absolute Gasteiger partial charge is 0.493 e. The number of fused-ring (bicyclic) bond motifs is 1. The minimum Gasteiger partial charge on any atom is -0.493 e. The van der Waals surface area contributed by atoms with Crippen LogP contribution in [0.15, 0.2) is 42.5 Å². The summed E-state index contributed by atoms with van der Waals surface area (Å²) < 4.78 is 15.6. The molecular formula is C23H27NO5S. The summed E-state index contributed by atoms with van der Waals surface area (Å²) in [7, 11) is 4.61. The van der Waals surface area contributed by atoms with Crippen LogP contribution in [0.1, 0.15) is 29.2 Å². The summed E-state index contributed by atoms with van der Waals surface area (Å²) in [5.74, 6) is 1.97. The van der Waals surface area contributed by atoms with Gasteiger partial charge in [0, 0.05) is 18.7 Å². The van der Waals surface area contributed by atoms with Crippen LogP contribution in [-0.4, -0.2) is 56.2 Å². The fraction of sp³-hybridized carbons (Fsp3) is 0.391. The van der Waals surface area contributed by atoms with Gasteiger partial charge < -0.3 is 19.1 Å². The molecule has 2 aromatic rings. The number of hydrogen-bond acceptors (Lipinski definition) is 6. The van der Waals surface area contributed by atoms with Gasteiger partial charge in [0.15, 0.2) is 11.5 Å². The van der Waals surface area contributed by atoms with E-state index in [-0.39, 0.29) is 23.7 Å². The van der Waals surface area contributed by atoms with Crippen LogP contribution in [-0.2, 0) is 20.7 Å². The van der Waals surface area contributed by atoms with Gasteiger partial charge in [0.05, 0.1) is 33.1 Å². The highest BCUT2D eigenvalue weighted by molar-refractivity contribution is 7.99. The number of thioether (sulfide) groups is 1. The Bertz CT molecular complexity index is 887. The van der Waals surface area contributed by atoms with E-state index in [4.69, 9.17) is 9.47 Å². The lowest BCUT2D eigenvalue weighted by Gasteiger charge is -2.38. The first-order chi connectivity index (χ1) is 14.6. The second-order valence-corrected chi connectivity index (χ2v) is 8.04. The second kappa shape index (κ2) is 10.4. The molecule has 1 amide bonds. The number of methoxy groups -OCH3 is 3. The number of ether oxygens (including phenoxy) is 3. The first-order valence-electron chi connectivity index (χ1n) is 9.82. The fourth-order valence-corrected chi connectivity index (χ4v) is 4.47. The molecule has 0 N–H and O–H groups in total. The lowest BCUT2D eigenvalue weighted by molar-refractivity contribution is -0.137. The van der Waals surface area contributed by atoms with Gasteiger partial charge in [0.1, 0.15) is 0 Å². The van der Waals surface area contributed by atoms with Gasteiger partial charge in [-0.05, 0) is 35.2 Å². The zero-order chi connectivity index (χ0) is 21.5. The molecular weight excluding hydrogens is 402 g/mol. The third-order valence-electron chi connectivity index (χ3n) is 5.22. The predicted molar refractivity (Wildman–Crippen MR) is 117 cm³/mol. The third kappa shape index (κ3) is 4.90. The van der Waals surface area contributed by atoms with E-state index < -0.39 is 0 Å². The number of rotatable bonds is 8. The summed E-state index contributed by atoms with van der Waals surface area (Å²) >= 11 is 1.41.